The van der Waals surface area contributed by atoms with E-state index >= 15 is 0 Å². The molecule has 3 rings (SSSR count). The van der Waals surface area contributed by atoms with E-state index in [1.165, 1.54) is 7.11 Å². The summed E-state index contributed by atoms with van der Waals surface area (Å²) < 4.78 is 17.5. The Hall–Kier alpha value is -2.36. The fourth-order valence-electron chi connectivity index (χ4n) is 3.14. The summed E-state index contributed by atoms with van der Waals surface area (Å²) in [5, 5.41) is 0.466. The molecule has 9 nitrogen and oxygen atoms in total. The molecule has 1 saturated heterocycles. The van der Waals surface area contributed by atoms with E-state index in [1.807, 2.05) is 0 Å². The molecule has 0 aliphatic carbocycles. The number of nitrogens with two attached hydrogens (primary N) is 1. The van der Waals surface area contributed by atoms with Gasteiger partial charge in [0.2, 0.25) is 5.95 Å². The van der Waals surface area contributed by atoms with Crippen LogP contribution < -0.4 is 26.3 Å². The van der Waals surface area contributed by atoms with Gasteiger partial charge in [-0.15, -0.1) is 0 Å². The van der Waals surface area contributed by atoms with E-state index in [0.717, 1.165) is 39.3 Å². The molecular formula is C17H25N5O4. The lowest BCUT2D eigenvalue weighted by Crippen LogP contribution is -2.37. The second-order valence-corrected chi connectivity index (χ2v) is 6.07. The monoisotopic (exact) mass is 363 g/mol. The average molecular weight is 363 g/mol. The van der Waals surface area contributed by atoms with Crippen molar-refractivity contribution in [3.63, 3.8) is 0 Å². The van der Waals surface area contributed by atoms with E-state index in [4.69, 9.17) is 20.1 Å². The average Bonchev–Trinajstić information content (AvgIpc) is 2.69. The highest BCUT2D eigenvalue weighted by Gasteiger charge is 2.15. The number of rotatable bonds is 7. The number of aromatic nitrogens is 2. The van der Waals surface area contributed by atoms with Crippen LogP contribution in [0.2, 0.25) is 0 Å². The molecule has 3 N–H and O–H groups in total. The van der Waals surface area contributed by atoms with Crippen LogP contribution in [-0.4, -0.2) is 61.5 Å². The molecule has 26 heavy (non-hydrogen) atoms. The zero-order chi connectivity index (χ0) is 18.5. The van der Waals surface area contributed by atoms with E-state index in [1.54, 1.807) is 23.8 Å². The van der Waals surface area contributed by atoms with Gasteiger partial charge in [0.25, 0.3) is 5.56 Å². The van der Waals surface area contributed by atoms with Crippen molar-refractivity contribution in [2.45, 2.75) is 13.0 Å². The molecule has 1 aliphatic heterocycles. The van der Waals surface area contributed by atoms with Gasteiger partial charge in [-0.25, -0.2) is 10.8 Å². The van der Waals surface area contributed by atoms with Gasteiger partial charge in [0.05, 0.1) is 38.3 Å². The number of methoxy groups -OCH3 is 2. The van der Waals surface area contributed by atoms with Gasteiger partial charge >= 0.3 is 0 Å². The van der Waals surface area contributed by atoms with E-state index < -0.39 is 0 Å². The Balaban J connectivity index is 1.88. The number of hydrogen-bond donors (Lipinski definition) is 2. The van der Waals surface area contributed by atoms with Crippen LogP contribution in [0, 0.1) is 0 Å². The van der Waals surface area contributed by atoms with Gasteiger partial charge in [-0.05, 0) is 12.5 Å². The molecule has 0 saturated carbocycles. The van der Waals surface area contributed by atoms with Crippen molar-refractivity contribution in [3.05, 3.63) is 22.5 Å². The highest BCUT2D eigenvalue weighted by atomic mass is 16.5. The number of anilines is 1. The molecule has 9 heteroatoms. The molecule has 0 radical (unpaired) electrons. The number of nitrogen functional groups attached to an aromatic ring is 1. The molecule has 2 aromatic rings. The predicted octanol–water partition coefficient (Wildman–Crippen LogP) is 0.422. The van der Waals surface area contributed by atoms with Crippen molar-refractivity contribution in [2.75, 3.05) is 52.5 Å². The summed E-state index contributed by atoms with van der Waals surface area (Å²) in [5.74, 6) is 6.93. The van der Waals surface area contributed by atoms with Crippen molar-refractivity contribution in [3.8, 4) is 11.5 Å². The minimum atomic E-state index is -0.161. The number of nitrogens with one attached hydrogen (secondary N) is 1. The largest absolute Gasteiger partial charge is 0.493 e. The second kappa shape index (κ2) is 8.35. The second-order valence-electron chi connectivity index (χ2n) is 6.07. The van der Waals surface area contributed by atoms with Crippen LogP contribution in [0.1, 0.15) is 6.42 Å². The van der Waals surface area contributed by atoms with Gasteiger partial charge in [-0.1, -0.05) is 0 Å². The van der Waals surface area contributed by atoms with Crippen LogP contribution in [-0.2, 0) is 11.3 Å². The van der Waals surface area contributed by atoms with E-state index in [0.29, 0.717) is 34.9 Å². The molecule has 1 aromatic carbocycles. The number of morpholine rings is 1. The highest BCUT2D eigenvalue weighted by Crippen LogP contribution is 2.30. The molecule has 0 unspecified atom stereocenters. The number of hydrogen-bond acceptors (Lipinski definition) is 8. The molecule has 0 bridgehead atoms. The van der Waals surface area contributed by atoms with Crippen molar-refractivity contribution in [1.29, 1.82) is 0 Å². The molecule has 1 aliphatic rings. The fourth-order valence-corrected chi connectivity index (χ4v) is 3.14. The Kier molecular flexibility index (Phi) is 5.92. The van der Waals surface area contributed by atoms with Gasteiger partial charge in [0.15, 0.2) is 11.5 Å². The molecule has 142 valence electrons. The van der Waals surface area contributed by atoms with Crippen LogP contribution in [0.25, 0.3) is 10.9 Å². The van der Waals surface area contributed by atoms with Crippen molar-refractivity contribution >= 4 is 16.9 Å². The summed E-state index contributed by atoms with van der Waals surface area (Å²) in [5.41, 5.74) is 2.87. The molecular weight excluding hydrogens is 338 g/mol. The maximum atomic E-state index is 13.0. The third-order valence-electron chi connectivity index (χ3n) is 4.55. The van der Waals surface area contributed by atoms with Crippen molar-refractivity contribution < 1.29 is 14.2 Å². The number of ether oxygens (including phenoxy) is 3. The molecule has 1 fully saturated rings. The topological polar surface area (TPSA) is 104 Å². The van der Waals surface area contributed by atoms with Gasteiger partial charge in [-0.3, -0.25) is 19.7 Å². The Bertz CT molecular complexity index is 817. The molecule has 0 amide bonds. The van der Waals surface area contributed by atoms with Crippen molar-refractivity contribution in [2.24, 2.45) is 5.84 Å². The maximum absolute atomic E-state index is 13.0. The lowest BCUT2D eigenvalue weighted by Gasteiger charge is -2.26. The zero-order valence-corrected chi connectivity index (χ0v) is 15.2. The molecule has 0 spiro atoms. The number of benzene rings is 1. The minimum Gasteiger partial charge on any atom is -0.493 e. The van der Waals surface area contributed by atoms with Crippen LogP contribution in [0.4, 0.5) is 5.95 Å². The number of nitrogens with zero attached hydrogens (tertiary/aromatic N) is 3. The fraction of sp³-hybridized carbons (Fsp3) is 0.529. The standard InChI is InChI=1S/C17H25N5O4/c1-24-14-10-12-13(11-15(14)25-2)19-17(20-18)22(16(12)23)5-3-4-21-6-8-26-9-7-21/h10-11H,3-9,18H2,1-2H3,(H,19,20). The van der Waals surface area contributed by atoms with E-state index in [2.05, 4.69) is 15.3 Å². The highest BCUT2D eigenvalue weighted by molar-refractivity contribution is 5.82. The lowest BCUT2D eigenvalue weighted by molar-refractivity contribution is 0.0369. The summed E-state index contributed by atoms with van der Waals surface area (Å²) >= 11 is 0. The summed E-state index contributed by atoms with van der Waals surface area (Å²) in [6.07, 6.45) is 0.815. The Labute approximate surface area is 151 Å². The Morgan fingerprint density at radius 3 is 2.54 bits per heavy atom. The first-order valence-electron chi connectivity index (χ1n) is 8.61. The quantitative estimate of drug-likeness (QED) is 0.539. The summed E-state index contributed by atoms with van der Waals surface area (Å²) in [6, 6.07) is 3.33. The van der Waals surface area contributed by atoms with Crippen LogP contribution in [0.3, 0.4) is 0 Å². The summed E-state index contributed by atoms with van der Waals surface area (Å²) in [6.45, 7) is 4.77. The Morgan fingerprint density at radius 1 is 1.19 bits per heavy atom. The van der Waals surface area contributed by atoms with E-state index in [9.17, 15) is 4.79 Å². The number of fused-ring (bicyclic) bond motifs is 1. The van der Waals surface area contributed by atoms with Gasteiger partial charge in [0.1, 0.15) is 0 Å². The van der Waals surface area contributed by atoms with Crippen LogP contribution >= 0.6 is 0 Å². The van der Waals surface area contributed by atoms with Gasteiger partial charge < -0.3 is 14.2 Å². The Morgan fingerprint density at radius 2 is 1.88 bits per heavy atom. The maximum Gasteiger partial charge on any atom is 0.262 e. The minimum absolute atomic E-state index is 0.161. The number of hydrazine groups is 1. The predicted molar refractivity (Wildman–Crippen MR) is 98.8 cm³/mol. The van der Waals surface area contributed by atoms with Gasteiger partial charge in [-0.2, -0.15) is 0 Å². The third-order valence-corrected chi connectivity index (χ3v) is 4.55. The van der Waals surface area contributed by atoms with Crippen molar-refractivity contribution in [1.82, 2.24) is 14.5 Å². The SMILES string of the molecule is COc1cc2nc(NN)n(CCCN3CCOCC3)c(=O)c2cc1OC. The molecule has 0 atom stereocenters. The first-order chi connectivity index (χ1) is 12.7. The molecule has 1 aromatic heterocycles. The van der Waals surface area contributed by atoms with Gasteiger partial charge in [0, 0.05) is 32.2 Å². The first-order valence-corrected chi connectivity index (χ1v) is 8.61. The zero-order valence-electron chi connectivity index (χ0n) is 15.2. The normalized spacial score (nSPS) is 15.2. The van der Waals surface area contributed by atoms with Crippen LogP contribution in [0.15, 0.2) is 16.9 Å². The first kappa shape index (κ1) is 18.4. The lowest BCUT2D eigenvalue weighted by atomic mass is 10.2. The summed E-state index contributed by atoms with van der Waals surface area (Å²) in [4.78, 5) is 19.7. The van der Waals surface area contributed by atoms with Crippen LogP contribution in [0.5, 0.6) is 11.5 Å². The smallest absolute Gasteiger partial charge is 0.262 e. The summed E-state index contributed by atoms with van der Waals surface area (Å²) in [7, 11) is 3.08. The van der Waals surface area contributed by atoms with E-state index in [-0.39, 0.29) is 5.56 Å². The third kappa shape index (κ3) is 3.74. The molecule has 2 heterocycles.